The summed E-state index contributed by atoms with van der Waals surface area (Å²) in [4.78, 5) is 13.7. The first-order chi connectivity index (χ1) is 9.69. The van der Waals surface area contributed by atoms with Crippen LogP contribution in [0.15, 0.2) is 24.3 Å². The summed E-state index contributed by atoms with van der Waals surface area (Å²) in [5.41, 5.74) is -1.02. The lowest BCUT2D eigenvalue weighted by Gasteiger charge is -2.27. The number of halogens is 1. The topological polar surface area (TPSA) is 61.8 Å². The van der Waals surface area contributed by atoms with Crippen molar-refractivity contribution in [3.05, 3.63) is 30.1 Å². The highest BCUT2D eigenvalue weighted by Gasteiger charge is 2.24. The van der Waals surface area contributed by atoms with Gasteiger partial charge >= 0.3 is 0 Å². The zero-order valence-electron chi connectivity index (χ0n) is 12.9. The molecule has 2 N–H and O–H groups in total. The number of ether oxygens (including phenoxy) is 1. The average molecular weight is 298 g/mol. The fourth-order valence-electron chi connectivity index (χ4n) is 1.93. The third kappa shape index (κ3) is 6.55. The van der Waals surface area contributed by atoms with Gasteiger partial charge in [-0.1, -0.05) is 0 Å². The van der Waals surface area contributed by atoms with E-state index in [9.17, 15) is 14.3 Å². The van der Waals surface area contributed by atoms with Crippen LogP contribution in [0.3, 0.4) is 0 Å². The monoisotopic (exact) mass is 298 g/mol. The summed E-state index contributed by atoms with van der Waals surface area (Å²) in [6, 6.07) is 5.45. The van der Waals surface area contributed by atoms with Crippen LogP contribution < -0.4 is 10.1 Å². The van der Waals surface area contributed by atoms with Gasteiger partial charge in [-0.3, -0.25) is 4.79 Å². The molecule has 1 aromatic carbocycles. The number of nitrogens with zero attached hydrogens (tertiary/aromatic N) is 1. The molecule has 0 aromatic heterocycles. The van der Waals surface area contributed by atoms with Crippen molar-refractivity contribution in [3.8, 4) is 5.75 Å². The molecule has 2 unspecified atom stereocenters. The first kappa shape index (κ1) is 17.4. The number of hydrogen-bond donors (Lipinski definition) is 2. The SMILES string of the molecule is CC(Oc1ccc(F)cc1)C(=O)NCC(C)(O)CN(C)C. The summed E-state index contributed by atoms with van der Waals surface area (Å²) in [7, 11) is 3.69. The van der Waals surface area contributed by atoms with Gasteiger partial charge in [0.1, 0.15) is 11.6 Å². The normalized spacial score (nSPS) is 15.4. The van der Waals surface area contributed by atoms with E-state index >= 15 is 0 Å². The Balaban J connectivity index is 2.46. The van der Waals surface area contributed by atoms with Crippen LogP contribution in [0.25, 0.3) is 0 Å². The molecule has 118 valence electrons. The predicted molar refractivity (Wildman–Crippen MR) is 78.7 cm³/mol. The molecule has 0 saturated heterocycles. The fraction of sp³-hybridized carbons (Fsp3) is 0.533. The molecule has 0 heterocycles. The van der Waals surface area contributed by atoms with E-state index in [2.05, 4.69) is 5.32 Å². The lowest BCUT2D eigenvalue weighted by atomic mass is 10.1. The third-order valence-electron chi connectivity index (χ3n) is 2.80. The largest absolute Gasteiger partial charge is 0.481 e. The predicted octanol–water partition coefficient (Wildman–Crippen LogP) is 1.02. The van der Waals surface area contributed by atoms with Crippen molar-refractivity contribution < 1.29 is 19.0 Å². The Morgan fingerprint density at radius 1 is 1.43 bits per heavy atom. The van der Waals surface area contributed by atoms with Gasteiger partial charge in [0, 0.05) is 13.1 Å². The van der Waals surface area contributed by atoms with Gasteiger partial charge < -0.3 is 20.1 Å². The molecule has 21 heavy (non-hydrogen) atoms. The average Bonchev–Trinajstić information content (AvgIpc) is 2.37. The van der Waals surface area contributed by atoms with Crippen LogP contribution in [-0.4, -0.2) is 54.8 Å². The number of rotatable bonds is 7. The van der Waals surface area contributed by atoms with Crippen molar-refractivity contribution >= 4 is 5.91 Å². The van der Waals surface area contributed by atoms with Gasteiger partial charge in [-0.2, -0.15) is 0 Å². The van der Waals surface area contributed by atoms with E-state index < -0.39 is 11.7 Å². The molecule has 0 spiro atoms. The molecule has 0 fully saturated rings. The minimum atomic E-state index is -1.02. The fourth-order valence-corrected chi connectivity index (χ4v) is 1.93. The smallest absolute Gasteiger partial charge is 0.260 e. The highest BCUT2D eigenvalue weighted by atomic mass is 19.1. The van der Waals surface area contributed by atoms with Gasteiger partial charge in [-0.25, -0.2) is 4.39 Å². The zero-order valence-corrected chi connectivity index (χ0v) is 12.9. The van der Waals surface area contributed by atoms with Crippen molar-refractivity contribution in [1.82, 2.24) is 10.2 Å². The molecule has 0 aliphatic rings. The zero-order chi connectivity index (χ0) is 16.0. The van der Waals surface area contributed by atoms with E-state index in [0.717, 1.165) is 0 Å². The second kappa shape index (κ2) is 7.38. The lowest BCUT2D eigenvalue weighted by molar-refractivity contribution is -0.128. The van der Waals surface area contributed by atoms with Crippen molar-refractivity contribution in [2.75, 3.05) is 27.2 Å². The number of carbonyl (C=O) groups excluding carboxylic acids is 1. The van der Waals surface area contributed by atoms with Gasteiger partial charge in [0.05, 0.1) is 5.60 Å². The van der Waals surface area contributed by atoms with Crippen LogP contribution in [0, 0.1) is 5.82 Å². The number of aliphatic hydroxyl groups is 1. The molecule has 0 saturated carbocycles. The van der Waals surface area contributed by atoms with Crippen LogP contribution >= 0.6 is 0 Å². The van der Waals surface area contributed by atoms with E-state index in [4.69, 9.17) is 4.74 Å². The lowest BCUT2D eigenvalue weighted by Crippen LogP contribution is -2.49. The van der Waals surface area contributed by atoms with Crippen LogP contribution in [0.4, 0.5) is 4.39 Å². The third-order valence-corrected chi connectivity index (χ3v) is 2.80. The van der Waals surface area contributed by atoms with Gasteiger partial charge in [-0.15, -0.1) is 0 Å². The summed E-state index contributed by atoms with van der Waals surface area (Å²) in [6.45, 7) is 3.81. The summed E-state index contributed by atoms with van der Waals surface area (Å²) in [6.07, 6.45) is -0.731. The number of nitrogens with one attached hydrogen (secondary N) is 1. The van der Waals surface area contributed by atoms with E-state index in [1.807, 2.05) is 19.0 Å². The van der Waals surface area contributed by atoms with Crippen LogP contribution in [0.1, 0.15) is 13.8 Å². The Bertz CT molecular complexity index is 460. The molecular formula is C15H23FN2O3. The maximum absolute atomic E-state index is 12.8. The molecule has 6 heteroatoms. The number of likely N-dealkylation sites (N-methyl/N-ethyl adjacent to an activating group) is 1. The summed E-state index contributed by atoms with van der Waals surface area (Å²) < 4.78 is 18.2. The highest BCUT2D eigenvalue weighted by Crippen LogP contribution is 2.13. The quantitative estimate of drug-likeness (QED) is 0.789. The first-order valence-corrected chi connectivity index (χ1v) is 6.77. The van der Waals surface area contributed by atoms with Crippen LogP contribution in [0.5, 0.6) is 5.75 Å². The van der Waals surface area contributed by atoms with Crippen LogP contribution in [-0.2, 0) is 4.79 Å². The van der Waals surface area contributed by atoms with Gasteiger partial charge in [0.15, 0.2) is 6.10 Å². The van der Waals surface area contributed by atoms with Crippen molar-refractivity contribution in [2.24, 2.45) is 0 Å². The Labute approximate surface area is 124 Å². The molecule has 0 radical (unpaired) electrons. The van der Waals surface area contributed by atoms with E-state index in [0.29, 0.717) is 12.3 Å². The summed E-state index contributed by atoms with van der Waals surface area (Å²) >= 11 is 0. The number of hydrogen-bond acceptors (Lipinski definition) is 4. The Morgan fingerprint density at radius 3 is 2.52 bits per heavy atom. The Kier molecular flexibility index (Phi) is 6.11. The molecule has 1 aromatic rings. The minimum absolute atomic E-state index is 0.126. The number of benzene rings is 1. The molecule has 0 aliphatic carbocycles. The van der Waals surface area contributed by atoms with E-state index in [1.54, 1.807) is 13.8 Å². The van der Waals surface area contributed by atoms with Crippen molar-refractivity contribution in [1.29, 1.82) is 0 Å². The molecule has 1 rings (SSSR count). The molecule has 5 nitrogen and oxygen atoms in total. The number of amides is 1. The van der Waals surface area contributed by atoms with Gasteiger partial charge in [-0.05, 0) is 52.2 Å². The molecule has 0 aliphatic heterocycles. The Hall–Kier alpha value is -1.66. The second-order valence-corrected chi connectivity index (χ2v) is 5.67. The maximum atomic E-state index is 12.8. The van der Waals surface area contributed by atoms with Gasteiger partial charge in [0.25, 0.3) is 5.91 Å². The first-order valence-electron chi connectivity index (χ1n) is 6.77. The van der Waals surface area contributed by atoms with Gasteiger partial charge in [0.2, 0.25) is 0 Å². The summed E-state index contributed by atoms with van der Waals surface area (Å²) in [5.74, 6) is -0.281. The van der Waals surface area contributed by atoms with E-state index in [1.165, 1.54) is 24.3 Å². The van der Waals surface area contributed by atoms with E-state index in [-0.39, 0.29) is 18.3 Å². The molecule has 0 bridgehead atoms. The second-order valence-electron chi connectivity index (χ2n) is 5.67. The minimum Gasteiger partial charge on any atom is -0.481 e. The standard InChI is InChI=1S/C15H23FN2O3/c1-11(21-13-7-5-12(16)6-8-13)14(19)17-9-15(2,20)10-18(3)4/h5-8,11,20H,9-10H2,1-4H3,(H,17,19). The molecule has 2 atom stereocenters. The molecular weight excluding hydrogens is 275 g/mol. The maximum Gasteiger partial charge on any atom is 0.260 e. The van der Waals surface area contributed by atoms with Crippen molar-refractivity contribution in [2.45, 2.75) is 25.6 Å². The highest BCUT2D eigenvalue weighted by molar-refractivity contribution is 5.80. The molecule has 1 amide bonds. The summed E-state index contributed by atoms with van der Waals surface area (Å²) in [5, 5.41) is 12.7. The number of carbonyl (C=O) groups is 1. The van der Waals surface area contributed by atoms with Crippen LogP contribution in [0.2, 0.25) is 0 Å². The Morgan fingerprint density at radius 2 is 2.00 bits per heavy atom. The van der Waals surface area contributed by atoms with Crippen molar-refractivity contribution in [3.63, 3.8) is 0 Å².